The van der Waals surface area contributed by atoms with E-state index in [4.69, 9.17) is 0 Å². The van der Waals surface area contributed by atoms with Gasteiger partial charge in [-0.1, -0.05) is 32.1 Å². The van der Waals surface area contributed by atoms with E-state index in [0.29, 0.717) is 5.92 Å². The maximum atomic E-state index is 12.0. The third-order valence-electron chi connectivity index (χ3n) is 4.62. The number of aromatic nitrogens is 2. The van der Waals surface area contributed by atoms with E-state index in [-0.39, 0.29) is 11.8 Å². The first-order chi connectivity index (χ1) is 9.34. The Morgan fingerprint density at radius 3 is 2.95 bits per heavy atom. The minimum Gasteiger partial charge on any atom is -0.356 e. The number of hydrogen-bond acceptors (Lipinski definition) is 2. The van der Waals surface area contributed by atoms with Gasteiger partial charge in [-0.25, -0.2) is 4.98 Å². The third-order valence-corrected chi connectivity index (χ3v) is 4.62. The third kappa shape index (κ3) is 3.17. The van der Waals surface area contributed by atoms with Gasteiger partial charge in [0.1, 0.15) is 0 Å². The molecule has 0 radical (unpaired) electrons. The second-order valence-corrected chi connectivity index (χ2v) is 6.04. The molecular weight excluding hydrogens is 238 g/mol. The predicted molar refractivity (Wildman–Crippen MR) is 73.6 cm³/mol. The Balaban J connectivity index is 1.36. The summed E-state index contributed by atoms with van der Waals surface area (Å²) in [6.07, 6.45) is 12.5. The molecule has 4 nitrogen and oxygen atoms in total. The van der Waals surface area contributed by atoms with Crippen molar-refractivity contribution in [3.63, 3.8) is 0 Å². The Bertz CT molecular complexity index is 409. The molecule has 1 heterocycles. The zero-order valence-corrected chi connectivity index (χ0v) is 11.4. The van der Waals surface area contributed by atoms with Crippen LogP contribution in [0, 0.1) is 11.8 Å². The van der Waals surface area contributed by atoms with Crippen molar-refractivity contribution in [2.24, 2.45) is 11.8 Å². The molecule has 1 aromatic rings. The molecule has 104 valence electrons. The molecular formula is C15H23N3O. The van der Waals surface area contributed by atoms with Crippen LogP contribution in [-0.2, 0) is 4.79 Å². The molecule has 2 aliphatic rings. The highest BCUT2D eigenvalue weighted by atomic mass is 16.2. The molecule has 1 aromatic heterocycles. The Labute approximate surface area is 114 Å². The maximum Gasteiger partial charge on any atom is 0.223 e. The maximum absolute atomic E-state index is 12.0. The summed E-state index contributed by atoms with van der Waals surface area (Å²) in [6, 6.07) is 0. The van der Waals surface area contributed by atoms with Crippen LogP contribution in [0.25, 0.3) is 0 Å². The van der Waals surface area contributed by atoms with Gasteiger partial charge in [0.15, 0.2) is 0 Å². The first-order valence-electron chi connectivity index (χ1n) is 7.60. The lowest BCUT2D eigenvalue weighted by Gasteiger charge is -2.21. The van der Waals surface area contributed by atoms with Gasteiger partial charge in [0.25, 0.3) is 0 Å². The van der Waals surface area contributed by atoms with Gasteiger partial charge in [0, 0.05) is 30.3 Å². The lowest BCUT2D eigenvalue weighted by molar-refractivity contribution is -0.122. The zero-order valence-electron chi connectivity index (χ0n) is 11.4. The monoisotopic (exact) mass is 261 g/mol. The van der Waals surface area contributed by atoms with Gasteiger partial charge < -0.3 is 10.3 Å². The molecule has 2 fully saturated rings. The Morgan fingerprint density at radius 2 is 2.21 bits per heavy atom. The van der Waals surface area contributed by atoms with Gasteiger partial charge in [0.05, 0.1) is 6.33 Å². The fourth-order valence-corrected chi connectivity index (χ4v) is 3.30. The van der Waals surface area contributed by atoms with Gasteiger partial charge in [-0.2, -0.15) is 0 Å². The molecule has 0 saturated heterocycles. The highest BCUT2D eigenvalue weighted by molar-refractivity contribution is 5.82. The van der Waals surface area contributed by atoms with Crippen molar-refractivity contribution in [1.29, 1.82) is 0 Å². The standard InChI is InChI=1S/C15H23N3O/c19-15(13-8-12(13)14-9-16-10-18-14)17-7-6-11-4-2-1-3-5-11/h9-13H,1-8H2,(H,16,18)(H,17,19)/t12-,13+/m0/s1. The fraction of sp³-hybridized carbons (Fsp3) is 0.733. The smallest absolute Gasteiger partial charge is 0.223 e. The Kier molecular flexibility index (Phi) is 3.85. The lowest BCUT2D eigenvalue weighted by atomic mass is 9.87. The number of carbonyl (C=O) groups excluding carboxylic acids is 1. The van der Waals surface area contributed by atoms with E-state index < -0.39 is 0 Å². The molecule has 3 rings (SSSR count). The predicted octanol–water partition coefficient (Wildman–Crippen LogP) is 2.60. The summed E-state index contributed by atoms with van der Waals surface area (Å²) in [4.78, 5) is 19.1. The molecule has 19 heavy (non-hydrogen) atoms. The minimum absolute atomic E-state index is 0.173. The van der Waals surface area contributed by atoms with Crippen molar-refractivity contribution < 1.29 is 4.79 Å². The fourth-order valence-electron chi connectivity index (χ4n) is 3.30. The van der Waals surface area contributed by atoms with Crippen LogP contribution in [0.4, 0.5) is 0 Å². The second kappa shape index (κ2) is 5.76. The number of rotatable bonds is 5. The van der Waals surface area contributed by atoms with Crippen LogP contribution in [0.1, 0.15) is 56.6 Å². The van der Waals surface area contributed by atoms with Crippen LogP contribution in [-0.4, -0.2) is 22.4 Å². The van der Waals surface area contributed by atoms with E-state index in [1.54, 1.807) is 6.33 Å². The number of carbonyl (C=O) groups is 1. The van der Waals surface area contributed by atoms with Gasteiger partial charge in [-0.15, -0.1) is 0 Å². The lowest BCUT2D eigenvalue weighted by Crippen LogP contribution is -2.28. The second-order valence-electron chi connectivity index (χ2n) is 6.04. The summed E-state index contributed by atoms with van der Waals surface area (Å²) in [5.41, 5.74) is 1.10. The summed E-state index contributed by atoms with van der Waals surface area (Å²) in [6.45, 7) is 0.857. The number of aromatic amines is 1. The normalized spacial score (nSPS) is 27.2. The van der Waals surface area contributed by atoms with Crippen LogP contribution < -0.4 is 5.32 Å². The summed E-state index contributed by atoms with van der Waals surface area (Å²) < 4.78 is 0. The van der Waals surface area contributed by atoms with Crippen molar-refractivity contribution >= 4 is 5.91 Å². The van der Waals surface area contributed by atoms with E-state index in [1.807, 2.05) is 6.20 Å². The van der Waals surface area contributed by atoms with E-state index in [9.17, 15) is 4.79 Å². The number of hydrogen-bond donors (Lipinski definition) is 2. The summed E-state index contributed by atoms with van der Waals surface area (Å²) in [5.74, 6) is 1.62. The van der Waals surface area contributed by atoms with Crippen LogP contribution in [0.5, 0.6) is 0 Å². The van der Waals surface area contributed by atoms with Crippen molar-refractivity contribution in [3.05, 3.63) is 18.2 Å². The largest absolute Gasteiger partial charge is 0.356 e. The molecule has 4 heteroatoms. The summed E-state index contributed by atoms with van der Waals surface area (Å²) >= 11 is 0. The molecule has 0 aromatic carbocycles. The van der Waals surface area contributed by atoms with Crippen LogP contribution >= 0.6 is 0 Å². The van der Waals surface area contributed by atoms with Crippen LogP contribution in [0.15, 0.2) is 12.5 Å². The summed E-state index contributed by atoms with van der Waals surface area (Å²) in [5, 5.41) is 3.11. The number of amides is 1. The van der Waals surface area contributed by atoms with Crippen molar-refractivity contribution in [3.8, 4) is 0 Å². The molecule has 0 aliphatic heterocycles. The SMILES string of the molecule is O=C(NCCC1CCCCC1)[C@@H]1C[C@@H]1c1cnc[nH]1. The first-order valence-corrected chi connectivity index (χ1v) is 7.60. The molecule has 0 unspecified atom stereocenters. The van der Waals surface area contributed by atoms with Crippen molar-refractivity contribution in [2.75, 3.05) is 6.54 Å². The number of nitrogens with zero attached hydrogens (tertiary/aromatic N) is 1. The van der Waals surface area contributed by atoms with E-state index in [2.05, 4.69) is 15.3 Å². The number of imidazole rings is 1. The minimum atomic E-state index is 0.173. The van der Waals surface area contributed by atoms with Crippen molar-refractivity contribution in [2.45, 2.75) is 50.9 Å². The molecule has 0 bridgehead atoms. The molecule has 2 saturated carbocycles. The quantitative estimate of drug-likeness (QED) is 0.856. The molecule has 1 amide bonds. The van der Waals surface area contributed by atoms with E-state index in [0.717, 1.165) is 31.0 Å². The average Bonchev–Trinajstić information content (AvgIpc) is 3.06. The highest BCUT2D eigenvalue weighted by Gasteiger charge is 2.44. The Morgan fingerprint density at radius 1 is 1.37 bits per heavy atom. The van der Waals surface area contributed by atoms with Crippen LogP contribution in [0.2, 0.25) is 0 Å². The molecule has 2 N–H and O–H groups in total. The summed E-state index contributed by atoms with van der Waals surface area (Å²) in [7, 11) is 0. The topological polar surface area (TPSA) is 57.8 Å². The highest BCUT2D eigenvalue weighted by Crippen LogP contribution is 2.46. The molecule has 2 aliphatic carbocycles. The van der Waals surface area contributed by atoms with E-state index in [1.165, 1.54) is 32.1 Å². The van der Waals surface area contributed by atoms with Gasteiger partial charge in [0.2, 0.25) is 5.91 Å². The van der Waals surface area contributed by atoms with Crippen LogP contribution in [0.3, 0.4) is 0 Å². The van der Waals surface area contributed by atoms with E-state index >= 15 is 0 Å². The van der Waals surface area contributed by atoms with Gasteiger partial charge >= 0.3 is 0 Å². The number of H-pyrrole nitrogens is 1. The zero-order chi connectivity index (χ0) is 13.1. The van der Waals surface area contributed by atoms with Gasteiger partial charge in [-0.3, -0.25) is 4.79 Å². The van der Waals surface area contributed by atoms with Gasteiger partial charge in [-0.05, 0) is 18.8 Å². The molecule has 0 spiro atoms. The Hall–Kier alpha value is -1.32. The number of nitrogens with one attached hydrogen (secondary N) is 2. The first kappa shape index (κ1) is 12.7. The average molecular weight is 261 g/mol. The molecule has 2 atom stereocenters. The van der Waals surface area contributed by atoms with Crippen molar-refractivity contribution in [1.82, 2.24) is 15.3 Å².